The van der Waals surface area contributed by atoms with E-state index in [2.05, 4.69) is 32.4 Å². The Morgan fingerprint density at radius 3 is 2.66 bits per heavy atom. The molecule has 3 heterocycles. The summed E-state index contributed by atoms with van der Waals surface area (Å²) in [6.45, 7) is 6.30. The Morgan fingerprint density at radius 1 is 1.17 bits per heavy atom. The van der Waals surface area contributed by atoms with Crippen molar-refractivity contribution in [2.45, 2.75) is 57.6 Å². The fraction of sp³-hybridized carbons (Fsp3) is 0.560. The van der Waals surface area contributed by atoms with E-state index in [-0.39, 0.29) is 37.4 Å². The Bertz CT molecular complexity index is 1080. The second kappa shape index (κ2) is 10.7. The first kappa shape index (κ1) is 25.1. The van der Waals surface area contributed by atoms with E-state index in [0.29, 0.717) is 48.3 Å². The van der Waals surface area contributed by atoms with Gasteiger partial charge in [0.15, 0.2) is 5.79 Å². The number of anilines is 2. The summed E-state index contributed by atoms with van der Waals surface area (Å²) < 4.78 is 17.4. The van der Waals surface area contributed by atoms with Crippen molar-refractivity contribution < 1.29 is 24.4 Å². The molecule has 1 aliphatic carbocycles. The van der Waals surface area contributed by atoms with E-state index >= 15 is 0 Å². The van der Waals surface area contributed by atoms with Crippen LogP contribution in [0.15, 0.2) is 18.3 Å². The number of methoxy groups -OCH3 is 1. The number of fused-ring (bicyclic) bond motifs is 1. The number of nitrogens with zero attached hydrogens (tertiary/aromatic N) is 3. The molecule has 0 amide bonds. The molecule has 0 unspecified atom stereocenters. The third-order valence-corrected chi connectivity index (χ3v) is 6.12. The van der Waals surface area contributed by atoms with Crippen LogP contribution in [0.5, 0.6) is 5.88 Å². The predicted octanol–water partition coefficient (Wildman–Crippen LogP) is 1.70. The molecule has 10 nitrogen and oxygen atoms in total. The summed E-state index contributed by atoms with van der Waals surface area (Å²) in [6.07, 6.45) is 2.49. The Morgan fingerprint density at radius 2 is 1.97 bits per heavy atom. The van der Waals surface area contributed by atoms with E-state index in [1.807, 2.05) is 26.8 Å². The third-order valence-electron chi connectivity index (χ3n) is 6.12. The average Bonchev–Trinajstić information content (AvgIpc) is 3.32. The number of hydrogen-bond donors (Lipinski definition) is 4. The van der Waals surface area contributed by atoms with Crippen LogP contribution in [0.1, 0.15) is 43.5 Å². The lowest BCUT2D eigenvalue weighted by Gasteiger charge is -2.24. The van der Waals surface area contributed by atoms with Crippen LogP contribution in [0.2, 0.25) is 0 Å². The molecule has 2 aliphatic rings. The summed E-state index contributed by atoms with van der Waals surface area (Å²) in [7, 11) is 1.57. The minimum Gasteiger partial charge on any atom is -0.481 e. The van der Waals surface area contributed by atoms with Crippen molar-refractivity contribution in [3.8, 4) is 17.7 Å². The van der Waals surface area contributed by atoms with E-state index in [9.17, 15) is 5.11 Å². The summed E-state index contributed by atoms with van der Waals surface area (Å²) in [5, 5.41) is 25.7. The average molecular weight is 484 g/mol. The van der Waals surface area contributed by atoms with E-state index in [4.69, 9.17) is 24.3 Å². The van der Waals surface area contributed by atoms with Crippen molar-refractivity contribution in [2.75, 3.05) is 37.5 Å². The quantitative estimate of drug-likeness (QED) is 0.325. The molecule has 2 aromatic rings. The Hall–Kier alpha value is -2.97. The van der Waals surface area contributed by atoms with Crippen LogP contribution in [0.3, 0.4) is 0 Å². The zero-order chi connectivity index (χ0) is 25.0. The maximum atomic E-state index is 9.92. The first-order valence-corrected chi connectivity index (χ1v) is 11.8. The van der Waals surface area contributed by atoms with Crippen LogP contribution in [0, 0.1) is 24.7 Å². The summed E-state index contributed by atoms with van der Waals surface area (Å²) in [5.74, 6) is 7.12. The first-order chi connectivity index (χ1) is 16.8. The molecular formula is C25H33N5O5. The smallest absolute Gasteiger partial charge is 0.224 e. The van der Waals surface area contributed by atoms with Gasteiger partial charge in [-0.2, -0.15) is 4.98 Å². The SMILES string of the molecule is COc1ccc(C#Cc2c(C)nc(NCCCO)nc2N[C@@H]2C[C@H](CO)[C@H]3OC(C)(C)O[C@H]32)cn1. The molecule has 4 atom stereocenters. The van der Waals surface area contributed by atoms with E-state index < -0.39 is 5.79 Å². The molecule has 0 bridgehead atoms. The number of ether oxygens (including phenoxy) is 3. The molecule has 1 saturated carbocycles. The van der Waals surface area contributed by atoms with Gasteiger partial charge in [-0.05, 0) is 39.7 Å². The third kappa shape index (κ3) is 5.82. The van der Waals surface area contributed by atoms with Gasteiger partial charge in [-0.1, -0.05) is 11.8 Å². The van der Waals surface area contributed by atoms with Crippen molar-refractivity contribution in [3.05, 3.63) is 35.2 Å². The highest BCUT2D eigenvalue weighted by Crippen LogP contribution is 2.42. The van der Waals surface area contributed by atoms with Gasteiger partial charge in [-0.15, -0.1) is 0 Å². The number of rotatable bonds is 8. The minimum atomic E-state index is -0.717. The molecule has 35 heavy (non-hydrogen) atoms. The van der Waals surface area contributed by atoms with Gasteiger partial charge in [0.2, 0.25) is 11.8 Å². The maximum Gasteiger partial charge on any atom is 0.224 e. The van der Waals surface area contributed by atoms with Crippen LogP contribution in [0.4, 0.5) is 11.8 Å². The second-order valence-corrected chi connectivity index (χ2v) is 9.19. The Balaban J connectivity index is 1.65. The maximum absolute atomic E-state index is 9.92. The summed E-state index contributed by atoms with van der Waals surface area (Å²) in [6, 6.07) is 3.47. The lowest BCUT2D eigenvalue weighted by Crippen LogP contribution is -2.35. The van der Waals surface area contributed by atoms with E-state index in [1.54, 1.807) is 19.4 Å². The summed E-state index contributed by atoms with van der Waals surface area (Å²) in [5.41, 5.74) is 2.10. The van der Waals surface area contributed by atoms with Crippen molar-refractivity contribution in [1.29, 1.82) is 0 Å². The highest BCUT2D eigenvalue weighted by molar-refractivity contribution is 5.60. The lowest BCUT2D eigenvalue weighted by molar-refractivity contribution is -0.158. The van der Waals surface area contributed by atoms with Crippen molar-refractivity contribution in [1.82, 2.24) is 15.0 Å². The summed E-state index contributed by atoms with van der Waals surface area (Å²) >= 11 is 0. The lowest BCUT2D eigenvalue weighted by atomic mass is 10.1. The molecule has 2 aromatic heterocycles. The normalized spacial score (nSPS) is 24.4. The van der Waals surface area contributed by atoms with Gasteiger partial charge < -0.3 is 35.1 Å². The van der Waals surface area contributed by atoms with Crippen LogP contribution in [-0.2, 0) is 9.47 Å². The van der Waals surface area contributed by atoms with Crippen LogP contribution >= 0.6 is 0 Å². The number of pyridine rings is 1. The minimum absolute atomic E-state index is 0.0205. The number of hydrogen-bond acceptors (Lipinski definition) is 10. The molecule has 4 rings (SSSR count). The number of aliphatic hydroxyl groups is 2. The highest BCUT2D eigenvalue weighted by atomic mass is 16.8. The van der Waals surface area contributed by atoms with Gasteiger partial charge in [0.25, 0.3) is 0 Å². The molecule has 1 saturated heterocycles. The first-order valence-electron chi connectivity index (χ1n) is 11.8. The van der Waals surface area contributed by atoms with Gasteiger partial charge in [-0.25, -0.2) is 9.97 Å². The molecule has 0 aromatic carbocycles. The fourth-order valence-electron chi connectivity index (χ4n) is 4.48. The van der Waals surface area contributed by atoms with Gasteiger partial charge in [0.1, 0.15) is 11.9 Å². The topological polar surface area (TPSA) is 131 Å². The van der Waals surface area contributed by atoms with E-state index in [0.717, 1.165) is 5.56 Å². The highest BCUT2D eigenvalue weighted by Gasteiger charge is 2.53. The molecule has 2 fully saturated rings. The van der Waals surface area contributed by atoms with Gasteiger partial charge in [0, 0.05) is 43.5 Å². The molecule has 10 heteroatoms. The molecule has 4 N–H and O–H groups in total. The molecule has 188 valence electrons. The molecule has 0 spiro atoms. The van der Waals surface area contributed by atoms with Crippen LogP contribution < -0.4 is 15.4 Å². The van der Waals surface area contributed by atoms with Gasteiger partial charge in [-0.3, -0.25) is 0 Å². The number of aryl methyl sites for hydroxylation is 1. The van der Waals surface area contributed by atoms with Gasteiger partial charge in [0.05, 0.1) is 30.5 Å². The zero-order valence-electron chi connectivity index (χ0n) is 20.5. The summed E-state index contributed by atoms with van der Waals surface area (Å²) in [4.78, 5) is 13.5. The number of aromatic nitrogens is 3. The van der Waals surface area contributed by atoms with Gasteiger partial charge >= 0.3 is 0 Å². The fourth-order valence-corrected chi connectivity index (χ4v) is 4.48. The Labute approximate surface area is 205 Å². The van der Waals surface area contributed by atoms with Crippen molar-refractivity contribution in [3.63, 3.8) is 0 Å². The second-order valence-electron chi connectivity index (χ2n) is 9.19. The molecule has 0 radical (unpaired) electrons. The van der Waals surface area contributed by atoms with Crippen molar-refractivity contribution in [2.24, 2.45) is 5.92 Å². The Kier molecular flexibility index (Phi) is 7.72. The number of nitrogens with one attached hydrogen (secondary N) is 2. The van der Waals surface area contributed by atoms with Crippen LogP contribution in [0.25, 0.3) is 0 Å². The monoisotopic (exact) mass is 483 g/mol. The molecule has 1 aliphatic heterocycles. The van der Waals surface area contributed by atoms with Crippen LogP contribution in [-0.4, -0.2) is 76.1 Å². The zero-order valence-corrected chi connectivity index (χ0v) is 20.5. The largest absolute Gasteiger partial charge is 0.481 e. The molecular weight excluding hydrogens is 450 g/mol. The standard InChI is InChI=1S/C25H33N5O5/c1-15-18(8-6-16-7-9-20(33-4)27-13-16)23(30-24(28-15)26-10-5-11-31)29-19-12-17(14-32)21-22(19)35-25(2,3)34-21/h7,9,13,17,19,21-22,31-32H,5,10-12,14H2,1-4H3,(H2,26,28,29,30)/t17-,19-,21-,22+/m1/s1. The van der Waals surface area contributed by atoms with E-state index in [1.165, 1.54) is 0 Å². The predicted molar refractivity (Wildman–Crippen MR) is 130 cm³/mol. The van der Waals surface area contributed by atoms with Crippen molar-refractivity contribution >= 4 is 11.8 Å². The number of aliphatic hydroxyl groups excluding tert-OH is 2.